The second kappa shape index (κ2) is 9.84. The maximum Gasteiger partial charge on any atom is 0.303 e. The van der Waals surface area contributed by atoms with Crippen LogP contribution in [0, 0.1) is 5.82 Å². The SMILES string of the molecule is CC(=O)O[C@H](Cn1ccc(-c2ccnc(Nc3ccnn3C)n2)cc1=O)c1ccc(Cl)c(F)c1. The molecule has 9 nitrogen and oxygen atoms in total. The van der Waals surface area contributed by atoms with E-state index in [1.807, 2.05) is 0 Å². The number of benzene rings is 1. The Kier molecular flexibility index (Phi) is 6.69. The fourth-order valence-electron chi connectivity index (χ4n) is 3.31. The lowest BCUT2D eigenvalue weighted by Gasteiger charge is -2.19. The fourth-order valence-corrected chi connectivity index (χ4v) is 3.43. The van der Waals surface area contributed by atoms with Crippen LogP contribution in [0.5, 0.6) is 0 Å². The zero-order valence-corrected chi connectivity index (χ0v) is 19.0. The molecule has 0 radical (unpaired) electrons. The number of hydrogen-bond donors (Lipinski definition) is 1. The molecule has 0 saturated heterocycles. The maximum atomic E-state index is 13.9. The van der Waals surface area contributed by atoms with E-state index in [0.29, 0.717) is 28.6 Å². The van der Waals surface area contributed by atoms with Crippen LogP contribution < -0.4 is 10.9 Å². The van der Waals surface area contributed by atoms with Gasteiger partial charge in [0.2, 0.25) is 5.95 Å². The Hall–Kier alpha value is -4.05. The van der Waals surface area contributed by atoms with Crippen LogP contribution in [-0.2, 0) is 23.1 Å². The lowest BCUT2D eigenvalue weighted by atomic mass is 10.1. The molecule has 0 aliphatic carbocycles. The second-order valence-corrected chi connectivity index (χ2v) is 7.82. The van der Waals surface area contributed by atoms with E-state index in [4.69, 9.17) is 16.3 Å². The van der Waals surface area contributed by atoms with Crippen molar-refractivity contribution in [2.24, 2.45) is 7.05 Å². The summed E-state index contributed by atoms with van der Waals surface area (Å²) in [6.07, 6.45) is 3.92. The number of pyridine rings is 1. The van der Waals surface area contributed by atoms with E-state index >= 15 is 0 Å². The third kappa shape index (κ3) is 5.29. The number of aromatic nitrogens is 5. The largest absolute Gasteiger partial charge is 0.456 e. The topological polar surface area (TPSA) is 104 Å². The van der Waals surface area contributed by atoms with Crippen LogP contribution in [0.2, 0.25) is 5.02 Å². The third-order valence-corrected chi connectivity index (χ3v) is 5.30. The number of halogens is 2. The van der Waals surface area contributed by atoms with Gasteiger partial charge in [-0.25, -0.2) is 14.4 Å². The number of esters is 1. The molecule has 1 N–H and O–H groups in total. The molecular weight excluding hydrogens is 463 g/mol. The number of carbonyl (C=O) groups is 1. The number of carbonyl (C=O) groups excluding carboxylic acids is 1. The molecule has 174 valence electrons. The number of rotatable bonds is 7. The molecule has 3 aromatic heterocycles. The van der Waals surface area contributed by atoms with Crippen molar-refractivity contribution in [1.82, 2.24) is 24.3 Å². The summed E-state index contributed by atoms with van der Waals surface area (Å²) < 4.78 is 22.3. The van der Waals surface area contributed by atoms with Gasteiger partial charge in [-0.3, -0.25) is 14.3 Å². The minimum atomic E-state index is -0.874. The summed E-state index contributed by atoms with van der Waals surface area (Å²) >= 11 is 5.75. The monoisotopic (exact) mass is 482 g/mol. The zero-order valence-electron chi connectivity index (χ0n) is 18.3. The standard InChI is InChI=1S/C23H20ClFN6O3/c1-14(32)34-20(16-3-4-17(24)18(25)11-16)13-31-10-7-15(12-22(31)33)19-5-8-26-23(28-19)29-21-6-9-27-30(21)2/h3-12,20H,13H2,1-2H3,(H,26,28,29)/t20-/m1/s1. The number of aryl methyl sites for hydroxylation is 1. The molecular formula is C23H20ClFN6O3. The molecule has 1 atom stereocenters. The van der Waals surface area contributed by atoms with Gasteiger partial charge in [0.1, 0.15) is 17.7 Å². The number of nitrogens with zero attached hydrogens (tertiary/aromatic N) is 5. The average Bonchev–Trinajstić information content (AvgIpc) is 3.20. The van der Waals surface area contributed by atoms with Crippen molar-refractivity contribution in [1.29, 1.82) is 0 Å². The molecule has 0 spiro atoms. The van der Waals surface area contributed by atoms with E-state index in [-0.39, 0.29) is 17.1 Å². The Balaban J connectivity index is 1.58. The van der Waals surface area contributed by atoms with E-state index in [1.165, 1.54) is 29.7 Å². The van der Waals surface area contributed by atoms with Crippen molar-refractivity contribution in [2.45, 2.75) is 19.6 Å². The smallest absolute Gasteiger partial charge is 0.303 e. The van der Waals surface area contributed by atoms with Crippen LogP contribution in [0.15, 0.2) is 65.8 Å². The lowest BCUT2D eigenvalue weighted by Crippen LogP contribution is -2.24. The van der Waals surface area contributed by atoms with Crippen molar-refractivity contribution in [2.75, 3.05) is 5.32 Å². The second-order valence-electron chi connectivity index (χ2n) is 7.41. The van der Waals surface area contributed by atoms with E-state index in [0.717, 1.165) is 0 Å². The Morgan fingerprint density at radius 2 is 2.03 bits per heavy atom. The molecule has 3 heterocycles. The van der Waals surface area contributed by atoms with Crippen molar-refractivity contribution in [3.8, 4) is 11.3 Å². The molecule has 4 aromatic rings. The van der Waals surface area contributed by atoms with Gasteiger partial charge in [-0.05, 0) is 29.8 Å². The first-order chi connectivity index (χ1) is 16.3. The first kappa shape index (κ1) is 23.1. The van der Waals surface area contributed by atoms with Crippen molar-refractivity contribution < 1.29 is 13.9 Å². The Morgan fingerprint density at radius 3 is 2.71 bits per heavy atom. The van der Waals surface area contributed by atoms with Gasteiger partial charge in [0, 0.05) is 44.1 Å². The van der Waals surface area contributed by atoms with Crippen molar-refractivity contribution >= 4 is 29.3 Å². The fraction of sp³-hybridized carbons (Fsp3) is 0.174. The van der Waals surface area contributed by atoms with E-state index < -0.39 is 17.9 Å². The summed E-state index contributed by atoms with van der Waals surface area (Å²) in [6, 6.07) is 10.7. The average molecular weight is 483 g/mol. The van der Waals surface area contributed by atoms with E-state index in [1.54, 1.807) is 54.6 Å². The summed E-state index contributed by atoms with van der Waals surface area (Å²) in [7, 11) is 1.79. The summed E-state index contributed by atoms with van der Waals surface area (Å²) in [4.78, 5) is 33.1. The van der Waals surface area contributed by atoms with Gasteiger partial charge in [-0.15, -0.1) is 0 Å². The van der Waals surface area contributed by atoms with Gasteiger partial charge < -0.3 is 14.6 Å². The third-order valence-electron chi connectivity index (χ3n) is 4.99. The highest BCUT2D eigenvalue weighted by molar-refractivity contribution is 6.30. The molecule has 0 aliphatic heterocycles. The maximum absolute atomic E-state index is 13.9. The minimum absolute atomic E-state index is 0.00314. The van der Waals surface area contributed by atoms with Crippen molar-refractivity contribution in [3.63, 3.8) is 0 Å². The van der Waals surface area contributed by atoms with Crippen LogP contribution in [0.4, 0.5) is 16.2 Å². The predicted molar refractivity (Wildman–Crippen MR) is 124 cm³/mol. The first-order valence-electron chi connectivity index (χ1n) is 10.2. The van der Waals surface area contributed by atoms with Crippen LogP contribution in [0.3, 0.4) is 0 Å². The van der Waals surface area contributed by atoms with Crippen LogP contribution in [0.25, 0.3) is 11.3 Å². The molecule has 11 heteroatoms. The highest BCUT2D eigenvalue weighted by Gasteiger charge is 2.18. The van der Waals surface area contributed by atoms with E-state index in [9.17, 15) is 14.0 Å². The molecule has 1 aromatic carbocycles. The quantitative estimate of drug-likeness (QED) is 0.398. The van der Waals surface area contributed by atoms with Gasteiger partial charge in [-0.1, -0.05) is 17.7 Å². The van der Waals surface area contributed by atoms with Crippen molar-refractivity contribution in [3.05, 3.63) is 87.8 Å². The molecule has 0 fully saturated rings. The predicted octanol–water partition coefficient (Wildman–Crippen LogP) is 3.88. The lowest BCUT2D eigenvalue weighted by molar-refractivity contribution is -0.147. The van der Waals surface area contributed by atoms with Gasteiger partial charge in [0.05, 0.1) is 23.5 Å². The highest BCUT2D eigenvalue weighted by Crippen LogP contribution is 2.25. The van der Waals surface area contributed by atoms with Crippen LogP contribution >= 0.6 is 11.6 Å². The first-order valence-corrected chi connectivity index (χ1v) is 10.6. The van der Waals surface area contributed by atoms with Crippen LogP contribution in [-0.4, -0.2) is 30.3 Å². The van der Waals surface area contributed by atoms with Crippen LogP contribution in [0.1, 0.15) is 18.6 Å². The Morgan fingerprint density at radius 1 is 1.21 bits per heavy atom. The molecule has 0 amide bonds. The molecule has 4 rings (SSSR count). The van der Waals surface area contributed by atoms with Gasteiger partial charge in [0.15, 0.2) is 0 Å². The number of ether oxygens (including phenoxy) is 1. The number of hydrogen-bond acceptors (Lipinski definition) is 7. The molecule has 0 bridgehead atoms. The summed E-state index contributed by atoms with van der Waals surface area (Å²) in [6.45, 7) is 1.24. The minimum Gasteiger partial charge on any atom is -0.456 e. The molecule has 34 heavy (non-hydrogen) atoms. The van der Waals surface area contributed by atoms with Gasteiger partial charge >= 0.3 is 5.97 Å². The number of anilines is 2. The van der Waals surface area contributed by atoms with Gasteiger partial charge in [-0.2, -0.15) is 5.10 Å². The highest BCUT2D eigenvalue weighted by atomic mass is 35.5. The molecule has 0 aliphatic rings. The summed E-state index contributed by atoms with van der Waals surface area (Å²) in [5, 5.41) is 7.10. The summed E-state index contributed by atoms with van der Waals surface area (Å²) in [5.74, 6) is -0.134. The number of nitrogens with one attached hydrogen (secondary N) is 1. The summed E-state index contributed by atoms with van der Waals surface area (Å²) in [5.41, 5.74) is 1.16. The van der Waals surface area contributed by atoms with E-state index in [2.05, 4.69) is 20.4 Å². The Bertz CT molecular complexity index is 1400. The molecule has 0 saturated carbocycles. The Labute approximate surface area is 198 Å². The van der Waals surface area contributed by atoms with Gasteiger partial charge in [0.25, 0.3) is 5.56 Å². The normalized spacial score (nSPS) is 11.8. The molecule has 0 unspecified atom stereocenters. The zero-order chi connectivity index (χ0) is 24.2.